The maximum atomic E-state index is 13.7. The van der Waals surface area contributed by atoms with Crippen molar-refractivity contribution in [2.75, 3.05) is 0 Å². The first kappa shape index (κ1) is 14.4. The normalized spacial score (nSPS) is 15.4. The molecule has 0 aromatic heterocycles. The van der Waals surface area contributed by atoms with Crippen molar-refractivity contribution < 1.29 is 22.7 Å². The minimum Gasteiger partial charge on any atom is -0.457 e. The molecule has 0 N–H and O–H groups in total. The number of hydrogen-bond donors (Lipinski definition) is 0. The maximum absolute atomic E-state index is 13.7. The van der Waals surface area contributed by atoms with E-state index in [1.807, 2.05) is 22.6 Å². The number of carbonyl (C=O) groups excluding carboxylic acids is 1. The standard InChI is InChI=1S/C15H8F3IO2/c1-7-4-8(16)6-9(5-7)21-11-3-2-10(19)12-13(11)15(17,18)14(12)20/h2-6H,1H3. The van der Waals surface area contributed by atoms with Crippen LogP contribution in [0.5, 0.6) is 11.5 Å². The minimum absolute atomic E-state index is 0.0220. The van der Waals surface area contributed by atoms with E-state index in [0.29, 0.717) is 9.13 Å². The summed E-state index contributed by atoms with van der Waals surface area (Å²) < 4.78 is 46.6. The lowest BCUT2D eigenvalue weighted by molar-refractivity contribution is -0.00808. The summed E-state index contributed by atoms with van der Waals surface area (Å²) in [5.41, 5.74) is 0.157. The fourth-order valence-electron chi connectivity index (χ4n) is 2.27. The van der Waals surface area contributed by atoms with Gasteiger partial charge in [0, 0.05) is 9.64 Å². The number of hydrogen-bond acceptors (Lipinski definition) is 2. The molecule has 0 amide bonds. The van der Waals surface area contributed by atoms with Gasteiger partial charge in [0.05, 0.1) is 11.1 Å². The van der Waals surface area contributed by atoms with Gasteiger partial charge in [0.1, 0.15) is 17.3 Å². The number of ketones is 1. The molecule has 0 unspecified atom stereocenters. The molecule has 0 saturated carbocycles. The van der Waals surface area contributed by atoms with Gasteiger partial charge in [0.2, 0.25) is 5.78 Å². The Hall–Kier alpha value is -1.57. The van der Waals surface area contributed by atoms with Gasteiger partial charge in [-0.2, -0.15) is 8.78 Å². The summed E-state index contributed by atoms with van der Waals surface area (Å²) in [4.78, 5) is 11.4. The molecule has 0 spiro atoms. The van der Waals surface area contributed by atoms with E-state index >= 15 is 0 Å². The van der Waals surface area contributed by atoms with Crippen LogP contribution in [0.2, 0.25) is 0 Å². The zero-order valence-corrected chi connectivity index (χ0v) is 12.9. The SMILES string of the molecule is Cc1cc(F)cc(Oc2ccc(I)c3c2C(F)(F)C3=O)c1. The second kappa shape index (κ2) is 4.72. The summed E-state index contributed by atoms with van der Waals surface area (Å²) in [6.07, 6.45) is 0. The molecular weight excluding hydrogens is 396 g/mol. The Balaban J connectivity index is 2.07. The maximum Gasteiger partial charge on any atom is 0.339 e. The van der Waals surface area contributed by atoms with Crippen LogP contribution in [0.3, 0.4) is 0 Å². The highest BCUT2D eigenvalue weighted by Gasteiger charge is 2.57. The molecular formula is C15H8F3IO2. The molecule has 0 saturated heterocycles. The van der Waals surface area contributed by atoms with Crippen molar-refractivity contribution >= 4 is 28.4 Å². The summed E-state index contributed by atoms with van der Waals surface area (Å²) in [7, 11) is 0. The van der Waals surface area contributed by atoms with Crippen molar-refractivity contribution in [2.45, 2.75) is 12.8 Å². The molecule has 0 radical (unpaired) electrons. The Labute approximate surface area is 132 Å². The van der Waals surface area contributed by atoms with Gasteiger partial charge in [-0.3, -0.25) is 4.79 Å². The summed E-state index contributed by atoms with van der Waals surface area (Å²) in [6.45, 7) is 1.67. The van der Waals surface area contributed by atoms with E-state index in [2.05, 4.69) is 0 Å². The van der Waals surface area contributed by atoms with Gasteiger partial charge in [0.15, 0.2) is 0 Å². The van der Waals surface area contributed by atoms with E-state index in [1.165, 1.54) is 24.3 Å². The van der Waals surface area contributed by atoms with E-state index in [4.69, 9.17) is 4.74 Å². The van der Waals surface area contributed by atoms with E-state index in [-0.39, 0.29) is 17.1 Å². The van der Waals surface area contributed by atoms with Crippen LogP contribution in [0.4, 0.5) is 13.2 Å². The monoisotopic (exact) mass is 404 g/mol. The molecule has 0 heterocycles. The van der Waals surface area contributed by atoms with E-state index in [1.54, 1.807) is 6.92 Å². The third-order valence-electron chi connectivity index (χ3n) is 3.19. The fourth-order valence-corrected chi connectivity index (χ4v) is 2.97. The molecule has 0 bridgehead atoms. The number of rotatable bonds is 2. The number of alkyl halides is 2. The molecule has 108 valence electrons. The van der Waals surface area contributed by atoms with Crippen LogP contribution in [0, 0.1) is 16.3 Å². The first-order valence-electron chi connectivity index (χ1n) is 6.01. The Kier molecular flexibility index (Phi) is 3.23. The molecule has 3 rings (SSSR count). The van der Waals surface area contributed by atoms with Crippen LogP contribution in [0.1, 0.15) is 21.5 Å². The average molecular weight is 404 g/mol. The Morgan fingerprint density at radius 1 is 1.19 bits per heavy atom. The highest BCUT2D eigenvalue weighted by Crippen LogP contribution is 2.51. The summed E-state index contributed by atoms with van der Waals surface area (Å²) >= 11 is 1.82. The van der Waals surface area contributed by atoms with Gasteiger partial charge in [0.25, 0.3) is 0 Å². The number of aryl methyl sites for hydroxylation is 1. The quantitative estimate of drug-likeness (QED) is 0.672. The van der Waals surface area contributed by atoms with Crippen LogP contribution in [-0.2, 0) is 5.92 Å². The van der Waals surface area contributed by atoms with Crippen LogP contribution >= 0.6 is 22.6 Å². The molecule has 0 aliphatic heterocycles. The zero-order valence-electron chi connectivity index (χ0n) is 10.7. The number of halogens is 4. The molecule has 0 fully saturated rings. The lowest BCUT2D eigenvalue weighted by atomic mass is 9.82. The predicted molar refractivity (Wildman–Crippen MR) is 78.6 cm³/mol. The van der Waals surface area contributed by atoms with Gasteiger partial charge in [-0.15, -0.1) is 0 Å². The zero-order chi connectivity index (χ0) is 15.4. The van der Waals surface area contributed by atoms with Crippen molar-refractivity contribution in [1.82, 2.24) is 0 Å². The van der Waals surface area contributed by atoms with Crippen LogP contribution < -0.4 is 4.74 Å². The third kappa shape index (κ3) is 2.21. The highest BCUT2D eigenvalue weighted by molar-refractivity contribution is 14.1. The van der Waals surface area contributed by atoms with Crippen molar-refractivity contribution in [2.24, 2.45) is 0 Å². The number of benzene rings is 2. The predicted octanol–water partition coefficient (Wildman–Crippen LogP) is 4.82. The molecule has 21 heavy (non-hydrogen) atoms. The molecule has 0 atom stereocenters. The molecule has 1 aliphatic carbocycles. The number of fused-ring (bicyclic) bond motifs is 1. The number of ether oxygens (including phenoxy) is 1. The lowest BCUT2D eigenvalue weighted by Crippen LogP contribution is -2.39. The van der Waals surface area contributed by atoms with Crippen molar-refractivity contribution in [3.8, 4) is 11.5 Å². The summed E-state index contributed by atoms with van der Waals surface area (Å²) in [5.74, 6) is -5.28. The van der Waals surface area contributed by atoms with Crippen molar-refractivity contribution in [3.05, 3.63) is 56.4 Å². The highest BCUT2D eigenvalue weighted by atomic mass is 127. The first-order chi connectivity index (χ1) is 9.80. The summed E-state index contributed by atoms with van der Waals surface area (Å²) in [6, 6.07) is 6.83. The largest absolute Gasteiger partial charge is 0.457 e. The number of carbonyl (C=O) groups is 1. The third-order valence-corrected chi connectivity index (χ3v) is 4.08. The van der Waals surface area contributed by atoms with Gasteiger partial charge >= 0.3 is 5.92 Å². The number of Topliss-reactive ketones (excluding diaryl/α,β-unsaturated/α-hetero) is 1. The van der Waals surface area contributed by atoms with Crippen molar-refractivity contribution in [1.29, 1.82) is 0 Å². The second-order valence-corrected chi connectivity index (χ2v) is 5.93. The fraction of sp³-hybridized carbons (Fsp3) is 0.133. The van der Waals surface area contributed by atoms with E-state index in [9.17, 15) is 18.0 Å². The Bertz CT molecular complexity index is 752. The smallest absolute Gasteiger partial charge is 0.339 e. The van der Waals surface area contributed by atoms with Crippen molar-refractivity contribution in [3.63, 3.8) is 0 Å². The molecule has 2 nitrogen and oxygen atoms in total. The van der Waals surface area contributed by atoms with Gasteiger partial charge < -0.3 is 4.74 Å². The van der Waals surface area contributed by atoms with Gasteiger partial charge in [-0.25, -0.2) is 4.39 Å². The Morgan fingerprint density at radius 2 is 1.90 bits per heavy atom. The topological polar surface area (TPSA) is 26.3 Å². The molecule has 2 aromatic carbocycles. The van der Waals surface area contributed by atoms with Crippen LogP contribution in [0.15, 0.2) is 30.3 Å². The average Bonchev–Trinajstić information content (AvgIpc) is 2.38. The van der Waals surface area contributed by atoms with Crippen LogP contribution in [0.25, 0.3) is 0 Å². The van der Waals surface area contributed by atoms with Crippen LogP contribution in [-0.4, -0.2) is 5.78 Å². The molecule has 6 heteroatoms. The first-order valence-corrected chi connectivity index (χ1v) is 7.09. The molecule has 2 aromatic rings. The molecule has 1 aliphatic rings. The Morgan fingerprint density at radius 3 is 2.57 bits per heavy atom. The van der Waals surface area contributed by atoms with Gasteiger partial charge in [-0.1, -0.05) is 0 Å². The van der Waals surface area contributed by atoms with E-state index < -0.39 is 23.1 Å². The lowest BCUT2D eigenvalue weighted by Gasteiger charge is -2.30. The van der Waals surface area contributed by atoms with E-state index in [0.717, 1.165) is 6.07 Å². The minimum atomic E-state index is -3.55. The summed E-state index contributed by atoms with van der Waals surface area (Å²) in [5, 5.41) is 0. The van der Waals surface area contributed by atoms with Gasteiger partial charge in [-0.05, 0) is 59.3 Å². The second-order valence-electron chi connectivity index (χ2n) is 4.77.